The molecule has 0 aromatic rings. The van der Waals surface area contributed by atoms with Crippen LogP contribution in [0.25, 0.3) is 0 Å². The fraction of sp³-hybridized carbons (Fsp3) is 0.900. The molecule has 2 fully saturated rings. The number of rotatable bonds is 4. The first-order chi connectivity index (χ1) is 11.5. The molecule has 5 heteroatoms. The van der Waals surface area contributed by atoms with E-state index in [9.17, 15) is 9.59 Å². The van der Waals surface area contributed by atoms with Crippen molar-refractivity contribution in [2.24, 2.45) is 0 Å². The van der Waals surface area contributed by atoms with E-state index in [2.05, 4.69) is 0 Å². The normalized spacial score (nSPS) is 20.7. The lowest BCUT2D eigenvalue weighted by Gasteiger charge is -2.40. The summed E-state index contributed by atoms with van der Waals surface area (Å²) in [5.74, 6) is 0. The molecule has 2 aliphatic carbocycles. The summed E-state index contributed by atoms with van der Waals surface area (Å²) in [4.78, 5) is 27.0. The van der Waals surface area contributed by atoms with Crippen LogP contribution in [0.4, 0.5) is 9.59 Å². The lowest BCUT2D eigenvalue weighted by atomic mass is 10.2. The molecule has 0 amide bonds. The third-order valence-electron chi connectivity index (χ3n) is 5.47. The smallest absolute Gasteiger partial charge is 0.317 e. The van der Waals surface area contributed by atoms with E-state index in [0.717, 1.165) is 51.4 Å². The fourth-order valence-corrected chi connectivity index (χ4v) is 10.3. The fourth-order valence-electron chi connectivity index (χ4n) is 4.57. The highest BCUT2D eigenvalue weighted by Gasteiger charge is 2.64. The van der Waals surface area contributed by atoms with Crippen LogP contribution in [0.2, 0.25) is 11.1 Å². The molecule has 0 saturated heterocycles. The van der Waals surface area contributed by atoms with Crippen LogP contribution in [0.15, 0.2) is 0 Å². The van der Waals surface area contributed by atoms with Gasteiger partial charge in [-0.05, 0) is 52.6 Å². The molecule has 25 heavy (non-hydrogen) atoms. The number of ether oxygens (including phenoxy) is 2. The van der Waals surface area contributed by atoms with Crippen LogP contribution >= 0.6 is 0 Å². The standard InChI is InChI=1S/C20H36O4Si/c1-19(2,3)23-17(21)25(15-11-7-8-12-15,16-13-9-10-14-16)18(22)24-20(4,5)6/h15-16H,7-14H2,1-6H3. The van der Waals surface area contributed by atoms with Gasteiger partial charge in [-0.2, -0.15) is 0 Å². The predicted molar refractivity (Wildman–Crippen MR) is 103 cm³/mol. The molecule has 0 bridgehead atoms. The summed E-state index contributed by atoms with van der Waals surface area (Å²) in [5, 5.41) is 0. The van der Waals surface area contributed by atoms with Crippen LogP contribution in [0.1, 0.15) is 92.9 Å². The van der Waals surface area contributed by atoms with E-state index in [-0.39, 0.29) is 22.3 Å². The molecule has 2 aliphatic rings. The molecule has 0 spiro atoms. The number of hydrogen-bond donors (Lipinski definition) is 0. The minimum atomic E-state index is -3.08. The maximum Gasteiger partial charge on any atom is 0.317 e. The zero-order valence-electron chi connectivity index (χ0n) is 16.9. The Labute approximate surface area is 154 Å². The molecule has 0 aromatic carbocycles. The van der Waals surface area contributed by atoms with E-state index in [4.69, 9.17) is 9.47 Å². The van der Waals surface area contributed by atoms with Gasteiger partial charge in [0.15, 0.2) is 0 Å². The Hall–Kier alpha value is -0.843. The van der Waals surface area contributed by atoms with E-state index >= 15 is 0 Å². The van der Waals surface area contributed by atoms with Crippen LogP contribution in [0.3, 0.4) is 0 Å². The molecule has 2 rings (SSSR count). The van der Waals surface area contributed by atoms with Gasteiger partial charge >= 0.3 is 8.07 Å². The van der Waals surface area contributed by atoms with Gasteiger partial charge in [-0.3, -0.25) is 9.59 Å². The minimum Gasteiger partial charge on any atom is -0.464 e. The highest BCUT2D eigenvalue weighted by Crippen LogP contribution is 2.52. The molecule has 0 aliphatic heterocycles. The van der Waals surface area contributed by atoms with Crippen LogP contribution in [0, 0.1) is 0 Å². The van der Waals surface area contributed by atoms with Crippen molar-refractivity contribution < 1.29 is 19.1 Å². The Morgan fingerprint density at radius 3 is 1.20 bits per heavy atom. The van der Waals surface area contributed by atoms with E-state index < -0.39 is 19.3 Å². The second-order valence-electron chi connectivity index (χ2n) is 9.84. The Morgan fingerprint density at radius 1 is 0.680 bits per heavy atom. The SMILES string of the molecule is CC(C)(C)OC(=O)[Si](C(=O)OC(C)(C)C)(C1CCCC1)C1CCCC1. The van der Waals surface area contributed by atoms with E-state index in [1.54, 1.807) is 0 Å². The molecule has 0 unspecified atom stereocenters. The van der Waals surface area contributed by atoms with Gasteiger partial charge < -0.3 is 9.47 Å². The molecule has 4 nitrogen and oxygen atoms in total. The molecule has 0 heterocycles. The summed E-state index contributed by atoms with van der Waals surface area (Å²) in [6, 6.07) is 0. The highest BCUT2D eigenvalue weighted by molar-refractivity contribution is 7.25. The zero-order valence-corrected chi connectivity index (χ0v) is 17.9. The van der Waals surface area contributed by atoms with Gasteiger partial charge in [0.1, 0.15) is 11.2 Å². The third-order valence-corrected chi connectivity index (χ3v) is 10.8. The molecule has 0 aromatic heterocycles. The van der Waals surface area contributed by atoms with Crippen LogP contribution < -0.4 is 0 Å². The second-order valence-corrected chi connectivity index (χ2v) is 14.0. The van der Waals surface area contributed by atoms with Crippen molar-refractivity contribution in [3.63, 3.8) is 0 Å². The molecule has 0 atom stereocenters. The summed E-state index contributed by atoms with van der Waals surface area (Å²) < 4.78 is 11.8. The van der Waals surface area contributed by atoms with E-state index in [1.165, 1.54) is 0 Å². The van der Waals surface area contributed by atoms with Crippen molar-refractivity contribution in [1.29, 1.82) is 0 Å². The summed E-state index contributed by atoms with van der Waals surface area (Å²) in [6.07, 6.45) is 8.33. The summed E-state index contributed by atoms with van der Waals surface area (Å²) in [5.41, 5.74) is -1.22. The van der Waals surface area contributed by atoms with Gasteiger partial charge in [0.25, 0.3) is 11.2 Å². The lowest BCUT2D eigenvalue weighted by molar-refractivity contribution is 0.0615. The first-order valence-electron chi connectivity index (χ1n) is 9.94. The largest absolute Gasteiger partial charge is 0.464 e. The highest BCUT2D eigenvalue weighted by atomic mass is 28.3. The van der Waals surface area contributed by atoms with Gasteiger partial charge in [0, 0.05) is 0 Å². The second kappa shape index (κ2) is 7.41. The predicted octanol–water partition coefficient (Wildman–Crippen LogP) is 6.36. The Balaban J connectivity index is 2.48. The van der Waals surface area contributed by atoms with E-state index in [1.807, 2.05) is 41.5 Å². The summed E-state index contributed by atoms with van der Waals surface area (Å²) >= 11 is 0. The topological polar surface area (TPSA) is 52.6 Å². The van der Waals surface area contributed by atoms with Crippen molar-refractivity contribution in [3.05, 3.63) is 0 Å². The average Bonchev–Trinajstić information content (AvgIpc) is 3.07. The first-order valence-corrected chi connectivity index (χ1v) is 12.1. The van der Waals surface area contributed by atoms with Gasteiger partial charge in [-0.1, -0.05) is 51.4 Å². The Kier molecular flexibility index (Phi) is 6.07. The van der Waals surface area contributed by atoms with Crippen molar-refractivity contribution in [2.45, 2.75) is 115 Å². The number of hydrogen-bond acceptors (Lipinski definition) is 4. The van der Waals surface area contributed by atoms with Crippen molar-refractivity contribution >= 4 is 19.3 Å². The maximum absolute atomic E-state index is 13.5. The minimum absolute atomic E-state index is 0.181. The van der Waals surface area contributed by atoms with E-state index in [0.29, 0.717) is 0 Å². The lowest BCUT2D eigenvalue weighted by Crippen LogP contribution is -2.61. The molecule has 2 saturated carbocycles. The molecule has 0 N–H and O–H groups in total. The summed E-state index contributed by atoms with van der Waals surface area (Å²) in [6.45, 7) is 11.3. The van der Waals surface area contributed by atoms with Crippen LogP contribution in [-0.2, 0) is 9.47 Å². The Bertz CT molecular complexity index is 443. The quantitative estimate of drug-likeness (QED) is 0.542. The van der Waals surface area contributed by atoms with Crippen molar-refractivity contribution in [2.75, 3.05) is 0 Å². The Morgan fingerprint density at radius 2 is 0.960 bits per heavy atom. The van der Waals surface area contributed by atoms with Gasteiger partial charge in [-0.25, -0.2) is 0 Å². The zero-order chi connectivity index (χ0) is 18.9. The molecule has 144 valence electrons. The first kappa shape index (κ1) is 20.5. The van der Waals surface area contributed by atoms with Gasteiger partial charge in [0.2, 0.25) is 0 Å². The molecular weight excluding hydrogens is 332 g/mol. The monoisotopic (exact) mass is 368 g/mol. The van der Waals surface area contributed by atoms with Crippen LogP contribution in [0.5, 0.6) is 0 Å². The average molecular weight is 369 g/mol. The van der Waals surface area contributed by atoms with Gasteiger partial charge in [-0.15, -0.1) is 0 Å². The molecular formula is C20H36O4Si. The third kappa shape index (κ3) is 4.66. The van der Waals surface area contributed by atoms with Crippen molar-refractivity contribution in [1.82, 2.24) is 0 Å². The number of carbonyl (C=O) groups excluding carboxylic acids is 2. The number of carbonyl (C=O) groups is 2. The maximum atomic E-state index is 13.5. The van der Waals surface area contributed by atoms with Crippen molar-refractivity contribution in [3.8, 4) is 0 Å². The summed E-state index contributed by atoms with van der Waals surface area (Å²) in [7, 11) is -3.08. The van der Waals surface area contributed by atoms with Gasteiger partial charge in [0.05, 0.1) is 0 Å². The van der Waals surface area contributed by atoms with Crippen LogP contribution in [-0.4, -0.2) is 30.5 Å². The molecule has 0 radical (unpaired) electrons.